The van der Waals surface area contributed by atoms with Crippen molar-refractivity contribution in [3.63, 3.8) is 0 Å². The minimum Gasteiger partial charge on any atom is -0.384 e. The molecule has 2 aromatic rings. The van der Waals surface area contributed by atoms with Crippen LogP contribution in [0.1, 0.15) is 16.1 Å². The summed E-state index contributed by atoms with van der Waals surface area (Å²) in [4.78, 5) is 15.9. The van der Waals surface area contributed by atoms with E-state index >= 15 is 0 Å². The molecule has 0 fully saturated rings. The lowest BCUT2D eigenvalue weighted by atomic mass is 10.2. The van der Waals surface area contributed by atoms with Crippen LogP contribution in [-0.2, 0) is 0 Å². The van der Waals surface area contributed by atoms with Gasteiger partial charge in [0.15, 0.2) is 0 Å². The zero-order chi connectivity index (χ0) is 13.1. The fourth-order valence-electron chi connectivity index (χ4n) is 1.58. The standard InChI is InChI=1S/C13H12FN3O/c1-8-6-9(7-12(15)16-8)13(18)17-11-5-3-2-4-10(11)14/h2-7H,1H3,(H2,15,16)(H,17,18). The molecule has 0 bridgehead atoms. The van der Waals surface area contributed by atoms with Gasteiger partial charge >= 0.3 is 0 Å². The van der Waals surface area contributed by atoms with Gasteiger partial charge in [0, 0.05) is 11.3 Å². The summed E-state index contributed by atoms with van der Waals surface area (Å²) in [6, 6.07) is 9.01. The van der Waals surface area contributed by atoms with Gasteiger partial charge in [-0.2, -0.15) is 0 Å². The van der Waals surface area contributed by atoms with E-state index in [0.29, 0.717) is 11.3 Å². The summed E-state index contributed by atoms with van der Waals surface area (Å²) in [6.45, 7) is 1.73. The van der Waals surface area contributed by atoms with Crippen molar-refractivity contribution in [3.05, 3.63) is 53.5 Å². The number of nitrogens with zero attached hydrogens (tertiary/aromatic N) is 1. The van der Waals surface area contributed by atoms with Gasteiger partial charge in [-0.25, -0.2) is 9.37 Å². The van der Waals surface area contributed by atoms with Gasteiger partial charge in [0.2, 0.25) is 0 Å². The molecule has 0 spiro atoms. The molecule has 0 unspecified atom stereocenters. The highest BCUT2D eigenvalue weighted by Crippen LogP contribution is 2.15. The largest absolute Gasteiger partial charge is 0.384 e. The highest BCUT2D eigenvalue weighted by atomic mass is 19.1. The van der Waals surface area contributed by atoms with Crippen LogP contribution < -0.4 is 11.1 Å². The number of hydrogen-bond donors (Lipinski definition) is 2. The van der Waals surface area contributed by atoms with Crippen LogP contribution in [0, 0.1) is 12.7 Å². The van der Waals surface area contributed by atoms with Gasteiger partial charge in [-0.3, -0.25) is 4.79 Å². The lowest BCUT2D eigenvalue weighted by Crippen LogP contribution is -2.14. The molecule has 0 aliphatic heterocycles. The first-order valence-electron chi connectivity index (χ1n) is 5.36. The fourth-order valence-corrected chi connectivity index (χ4v) is 1.58. The summed E-state index contributed by atoms with van der Waals surface area (Å²) in [7, 11) is 0. The van der Waals surface area contributed by atoms with Gasteiger partial charge in [-0.05, 0) is 31.2 Å². The molecule has 92 valence electrons. The van der Waals surface area contributed by atoms with Crippen LogP contribution in [0.5, 0.6) is 0 Å². The number of halogens is 1. The molecule has 1 aromatic heterocycles. The van der Waals surface area contributed by atoms with E-state index in [1.54, 1.807) is 25.1 Å². The maximum atomic E-state index is 13.4. The second-order valence-corrected chi connectivity index (χ2v) is 3.86. The number of benzene rings is 1. The van der Waals surface area contributed by atoms with Crippen LogP contribution in [0.2, 0.25) is 0 Å². The van der Waals surface area contributed by atoms with Gasteiger partial charge in [0.05, 0.1) is 5.69 Å². The summed E-state index contributed by atoms with van der Waals surface area (Å²) in [5.74, 6) is -0.643. The van der Waals surface area contributed by atoms with Gasteiger partial charge < -0.3 is 11.1 Å². The number of amides is 1. The lowest BCUT2D eigenvalue weighted by molar-refractivity contribution is 0.102. The van der Waals surface area contributed by atoms with Crippen LogP contribution in [-0.4, -0.2) is 10.9 Å². The highest BCUT2D eigenvalue weighted by molar-refractivity contribution is 6.04. The number of rotatable bonds is 2. The third kappa shape index (κ3) is 2.63. The normalized spacial score (nSPS) is 10.1. The molecule has 3 N–H and O–H groups in total. The minimum absolute atomic E-state index is 0.135. The second-order valence-electron chi connectivity index (χ2n) is 3.86. The van der Waals surface area contributed by atoms with Gasteiger partial charge in [-0.15, -0.1) is 0 Å². The lowest BCUT2D eigenvalue weighted by Gasteiger charge is -2.07. The van der Waals surface area contributed by atoms with Crippen molar-refractivity contribution < 1.29 is 9.18 Å². The third-order valence-electron chi connectivity index (χ3n) is 2.36. The molecule has 0 saturated carbocycles. The maximum absolute atomic E-state index is 13.4. The van der Waals surface area contributed by atoms with E-state index in [1.165, 1.54) is 18.2 Å². The van der Waals surface area contributed by atoms with Crippen molar-refractivity contribution in [1.82, 2.24) is 4.98 Å². The number of aromatic nitrogens is 1. The van der Waals surface area contributed by atoms with Crippen LogP contribution in [0.3, 0.4) is 0 Å². The Balaban J connectivity index is 2.25. The Hall–Kier alpha value is -2.43. The van der Waals surface area contributed by atoms with E-state index in [4.69, 9.17) is 5.73 Å². The molecule has 18 heavy (non-hydrogen) atoms. The van der Waals surface area contributed by atoms with Crippen molar-refractivity contribution in [2.24, 2.45) is 0 Å². The number of aryl methyl sites for hydroxylation is 1. The number of nitrogens with two attached hydrogens (primary N) is 1. The van der Waals surface area contributed by atoms with Crippen LogP contribution in [0.15, 0.2) is 36.4 Å². The number of nitrogen functional groups attached to an aromatic ring is 1. The number of carbonyl (C=O) groups excluding carboxylic acids is 1. The number of pyridine rings is 1. The van der Waals surface area contributed by atoms with E-state index in [0.717, 1.165) is 0 Å². The summed E-state index contributed by atoms with van der Waals surface area (Å²) in [5.41, 5.74) is 6.67. The van der Waals surface area contributed by atoms with Crippen LogP contribution in [0.25, 0.3) is 0 Å². The summed E-state index contributed by atoms with van der Waals surface area (Å²) >= 11 is 0. The monoisotopic (exact) mass is 245 g/mol. The minimum atomic E-state index is -0.482. The van der Waals surface area contributed by atoms with Gasteiger partial charge in [0.1, 0.15) is 11.6 Å². The molecule has 1 heterocycles. The van der Waals surface area contributed by atoms with Crippen molar-refractivity contribution in [2.75, 3.05) is 11.1 Å². The first-order chi connectivity index (χ1) is 8.56. The average molecular weight is 245 g/mol. The molecule has 0 radical (unpaired) electrons. The van der Waals surface area contributed by atoms with Gasteiger partial charge in [-0.1, -0.05) is 12.1 Å². The number of hydrogen-bond acceptors (Lipinski definition) is 3. The Morgan fingerprint density at radius 1 is 1.33 bits per heavy atom. The Morgan fingerprint density at radius 2 is 2.06 bits per heavy atom. The van der Waals surface area contributed by atoms with Crippen molar-refractivity contribution in [3.8, 4) is 0 Å². The zero-order valence-corrected chi connectivity index (χ0v) is 9.77. The first-order valence-corrected chi connectivity index (χ1v) is 5.36. The smallest absolute Gasteiger partial charge is 0.255 e. The number of carbonyl (C=O) groups is 1. The predicted molar refractivity (Wildman–Crippen MR) is 67.7 cm³/mol. The summed E-state index contributed by atoms with van der Waals surface area (Å²) < 4.78 is 13.4. The van der Waals surface area contributed by atoms with Crippen molar-refractivity contribution in [2.45, 2.75) is 6.92 Å². The molecular weight excluding hydrogens is 233 g/mol. The molecule has 0 aliphatic carbocycles. The Bertz CT molecular complexity index is 578. The zero-order valence-electron chi connectivity index (χ0n) is 9.77. The van der Waals surface area contributed by atoms with E-state index in [1.807, 2.05) is 0 Å². The third-order valence-corrected chi connectivity index (χ3v) is 2.36. The molecule has 1 amide bonds. The maximum Gasteiger partial charge on any atom is 0.255 e. The molecule has 4 nitrogen and oxygen atoms in total. The molecule has 5 heteroatoms. The van der Waals surface area contributed by atoms with E-state index in [2.05, 4.69) is 10.3 Å². The fraction of sp³-hybridized carbons (Fsp3) is 0.0769. The number of para-hydroxylation sites is 1. The van der Waals surface area contributed by atoms with Gasteiger partial charge in [0.25, 0.3) is 5.91 Å². The Kier molecular flexibility index (Phi) is 3.23. The first kappa shape index (κ1) is 12.0. The quantitative estimate of drug-likeness (QED) is 0.853. The second kappa shape index (κ2) is 4.83. The molecule has 1 aromatic carbocycles. The van der Waals surface area contributed by atoms with Crippen molar-refractivity contribution in [1.29, 1.82) is 0 Å². The number of nitrogens with one attached hydrogen (secondary N) is 1. The van der Waals surface area contributed by atoms with E-state index < -0.39 is 11.7 Å². The van der Waals surface area contributed by atoms with Crippen LogP contribution in [0.4, 0.5) is 15.9 Å². The molecule has 0 atom stereocenters. The number of anilines is 2. The molecule has 0 saturated heterocycles. The molecular formula is C13H12FN3O. The Labute approximate surface area is 104 Å². The topological polar surface area (TPSA) is 68.0 Å². The Morgan fingerprint density at radius 3 is 2.72 bits per heavy atom. The summed E-state index contributed by atoms with van der Waals surface area (Å²) in [5, 5.41) is 2.48. The molecule has 2 rings (SSSR count). The van der Waals surface area contributed by atoms with Crippen LogP contribution >= 0.6 is 0 Å². The van der Waals surface area contributed by atoms with E-state index in [-0.39, 0.29) is 11.5 Å². The highest BCUT2D eigenvalue weighted by Gasteiger charge is 2.10. The van der Waals surface area contributed by atoms with Crippen molar-refractivity contribution >= 4 is 17.4 Å². The average Bonchev–Trinajstić information content (AvgIpc) is 2.31. The predicted octanol–water partition coefficient (Wildman–Crippen LogP) is 2.36. The summed E-state index contributed by atoms with van der Waals surface area (Å²) in [6.07, 6.45) is 0. The van der Waals surface area contributed by atoms with E-state index in [9.17, 15) is 9.18 Å². The molecule has 0 aliphatic rings. The SMILES string of the molecule is Cc1cc(C(=O)Nc2ccccc2F)cc(N)n1.